The monoisotopic (exact) mass is 534 g/mol. The van der Waals surface area contributed by atoms with Gasteiger partial charge in [0.05, 0.1) is 24.8 Å². The third kappa shape index (κ3) is 5.99. The molecule has 37 heavy (non-hydrogen) atoms. The van der Waals surface area contributed by atoms with Crippen molar-refractivity contribution in [1.82, 2.24) is 9.80 Å². The number of benzene rings is 3. The van der Waals surface area contributed by atoms with Crippen molar-refractivity contribution < 1.29 is 14.3 Å². The van der Waals surface area contributed by atoms with E-state index >= 15 is 0 Å². The zero-order valence-corrected chi connectivity index (χ0v) is 22.7. The number of carbonyl (C=O) groups is 1. The molecule has 0 radical (unpaired) electrons. The molecule has 0 bridgehead atoms. The van der Waals surface area contributed by atoms with Crippen molar-refractivity contribution in [3.05, 3.63) is 99.4 Å². The first-order valence-corrected chi connectivity index (χ1v) is 13.7. The lowest BCUT2D eigenvalue weighted by Crippen LogP contribution is -2.49. The second kappa shape index (κ2) is 11.7. The quantitative estimate of drug-likeness (QED) is 0.256. The standard InChI is InChI=1S/C30H31ClN2O3S/c1-21-10-12-22(13-11-21)20-36-26(23-6-5-7-24(18-23)35-2)19-32-14-16-33(17-15-32)30(34)29-28(31)25-8-3-4-9-27(25)37-29/h3-13,18,26H,14-17,19-20H2,1-2H3. The molecule has 1 aliphatic rings. The number of ether oxygens (including phenoxy) is 2. The maximum absolute atomic E-state index is 13.3. The van der Waals surface area contributed by atoms with Crippen LogP contribution >= 0.6 is 22.9 Å². The topological polar surface area (TPSA) is 42.0 Å². The van der Waals surface area contributed by atoms with Crippen molar-refractivity contribution in [1.29, 1.82) is 0 Å². The average molecular weight is 535 g/mol. The predicted molar refractivity (Wildman–Crippen MR) is 151 cm³/mol. The van der Waals surface area contributed by atoms with Crippen molar-refractivity contribution in [3.8, 4) is 5.75 Å². The molecule has 0 N–H and O–H groups in total. The highest BCUT2D eigenvalue weighted by Gasteiger charge is 2.27. The van der Waals surface area contributed by atoms with Gasteiger partial charge in [0.15, 0.2) is 0 Å². The summed E-state index contributed by atoms with van der Waals surface area (Å²) < 4.78 is 13.0. The maximum atomic E-state index is 13.3. The number of fused-ring (bicyclic) bond motifs is 1. The van der Waals surface area contributed by atoms with Crippen molar-refractivity contribution in [2.45, 2.75) is 19.6 Å². The summed E-state index contributed by atoms with van der Waals surface area (Å²) in [5.41, 5.74) is 3.47. The van der Waals surface area contributed by atoms with Gasteiger partial charge in [0.1, 0.15) is 10.6 Å². The minimum Gasteiger partial charge on any atom is -0.497 e. The molecule has 3 aromatic carbocycles. The summed E-state index contributed by atoms with van der Waals surface area (Å²) in [6.07, 6.45) is -0.115. The van der Waals surface area contributed by atoms with E-state index in [-0.39, 0.29) is 12.0 Å². The molecule has 0 saturated carbocycles. The molecule has 0 aliphatic carbocycles. The van der Waals surface area contributed by atoms with Crippen LogP contribution < -0.4 is 4.74 Å². The van der Waals surface area contributed by atoms with Gasteiger partial charge in [-0.25, -0.2) is 0 Å². The van der Waals surface area contributed by atoms with Crippen molar-refractivity contribution >= 4 is 38.9 Å². The summed E-state index contributed by atoms with van der Waals surface area (Å²) in [6.45, 7) is 6.24. The van der Waals surface area contributed by atoms with Gasteiger partial charge in [0, 0.05) is 42.8 Å². The smallest absolute Gasteiger partial charge is 0.265 e. The Morgan fingerprint density at radius 3 is 2.49 bits per heavy atom. The second-order valence-electron chi connectivity index (χ2n) is 9.40. The molecule has 1 unspecified atom stereocenters. The van der Waals surface area contributed by atoms with Crippen molar-refractivity contribution in [2.75, 3.05) is 39.8 Å². The highest BCUT2D eigenvalue weighted by molar-refractivity contribution is 7.21. The van der Waals surface area contributed by atoms with Crippen LogP contribution in [-0.4, -0.2) is 55.5 Å². The van der Waals surface area contributed by atoms with Crippen LogP contribution in [0, 0.1) is 6.92 Å². The Morgan fingerprint density at radius 1 is 1.00 bits per heavy atom. The molecule has 5 rings (SSSR count). The van der Waals surface area contributed by atoms with Gasteiger partial charge in [-0.15, -0.1) is 11.3 Å². The third-order valence-corrected chi connectivity index (χ3v) is 8.51. The Balaban J connectivity index is 1.25. The number of rotatable bonds is 8. The van der Waals surface area contributed by atoms with Crippen LogP contribution in [0.25, 0.3) is 10.1 Å². The van der Waals surface area contributed by atoms with E-state index in [0.717, 1.165) is 46.6 Å². The van der Waals surface area contributed by atoms with Gasteiger partial charge in [-0.1, -0.05) is 71.8 Å². The maximum Gasteiger partial charge on any atom is 0.265 e. The van der Waals surface area contributed by atoms with E-state index in [2.05, 4.69) is 42.2 Å². The minimum atomic E-state index is -0.115. The number of methoxy groups -OCH3 is 1. The molecule has 5 nitrogen and oxygen atoms in total. The van der Waals surface area contributed by atoms with Gasteiger partial charge >= 0.3 is 0 Å². The van der Waals surface area contributed by atoms with E-state index in [1.165, 1.54) is 16.9 Å². The molecule has 1 amide bonds. The number of piperazine rings is 1. The number of carbonyl (C=O) groups excluding carboxylic acids is 1. The molecule has 1 saturated heterocycles. The molecule has 7 heteroatoms. The Kier molecular flexibility index (Phi) is 8.11. The van der Waals surface area contributed by atoms with Crippen LogP contribution in [0.1, 0.15) is 32.5 Å². The molecule has 0 spiro atoms. The highest BCUT2D eigenvalue weighted by Crippen LogP contribution is 2.36. The van der Waals surface area contributed by atoms with Gasteiger partial charge in [-0.3, -0.25) is 9.69 Å². The third-order valence-electron chi connectivity index (χ3n) is 6.85. The Labute approximate surface area is 227 Å². The van der Waals surface area contributed by atoms with Crippen LogP contribution in [0.2, 0.25) is 5.02 Å². The van der Waals surface area contributed by atoms with Crippen LogP contribution in [0.4, 0.5) is 0 Å². The number of hydrogen-bond acceptors (Lipinski definition) is 5. The first kappa shape index (κ1) is 25.7. The molecule has 1 fully saturated rings. The minimum absolute atomic E-state index is 0.0193. The summed E-state index contributed by atoms with van der Waals surface area (Å²) in [5, 5.41) is 1.51. The first-order valence-electron chi connectivity index (χ1n) is 12.5. The van der Waals surface area contributed by atoms with Gasteiger partial charge in [-0.2, -0.15) is 0 Å². The molecule has 1 aliphatic heterocycles. The fraction of sp³-hybridized carbons (Fsp3) is 0.300. The van der Waals surface area contributed by atoms with E-state index in [0.29, 0.717) is 29.6 Å². The largest absolute Gasteiger partial charge is 0.497 e. The summed E-state index contributed by atoms with van der Waals surface area (Å²) in [4.78, 5) is 18.2. The lowest BCUT2D eigenvalue weighted by Gasteiger charge is -2.36. The highest BCUT2D eigenvalue weighted by atomic mass is 35.5. The zero-order chi connectivity index (χ0) is 25.8. The molecular weight excluding hydrogens is 504 g/mol. The Bertz CT molecular complexity index is 1360. The van der Waals surface area contributed by atoms with Crippen LogP contribution in [0.3, 0.4) is 0 Å². The van der Waals surface area contributed by atoms with Gasteiger partial charge in [-0.05, 0) is 36.2 Å². The average Bonchev–Trinajstić information content (AvgIpc) is 3.28. The second-order valence-corrected chi connectivity index (χ2v) is 10.8. The van der Waals surface area contributed by atoms with Crippen molar-refractivity contribution in [2.24, 2.45) is 0 Å². The van der Waals surface area contributed by atoms with E-state index in [4.69, 9.17) is 21.1 Å². The number of halogens is 1. The van der Waals surface area contributed by atoms with Crippen LogP contribution in [-0.2, 0) is 11.3 Å². The van der Waals surface area contributed by atoms with E-state index in [1.807, 2.05) is 47.4 Å². The molecule has 1 atom stereocenters. The summed E-state index contributed by atoms with van der Waals surface area (Å²) in [7, 11) is 1.68. The van der Waals surface area contributed by atoms with E-state index < -0.39 is 0 Å². The first-order chi connectivity index (χ1) is 18.0. The molecule has 192 valence electrons. The fourth-order valence-electron chi connectivity index (χ4n) is 4.64. The number of nitrogens with zero attached hydrogens (tertiary/aromatic N) is 2. The summed E-state index contributed by atoms with van der Waals surface area (Å²) >= 11 is 8.06. The summed E-state index contributed by atoms with van der Waals surface area (Å²) in [6, 6.07) is 24.4. The number of hydrogen-bond donors (Lipinski definition) is 0. The fourth-order valence-corrected chi connectivity index (χ4v) is 6.12. The van der Waals surface area contributed by atoms with Crippen molar-refractivity contribution in [3.63, 3.8) is 0 Å². The Morgan fingerprint density at radius 2 is 1.76 bits per heavy atom. The predicted octanol–water partition coefficient (Wildman–Crippen LogP) is 6.59. The van der Waals surface area contributed by atoms with Gasteiger partial charge in [0.2, 0.25) is 0 Å². The molecule has 1 aromatic heterocycles. The van der Waals surface area contributed by atoms with Gasteiger partial charge < -0.3 is 14.4 Å². The summed E-state index contributed by atoms with van der Waals surface area (Å²) in [5.74, 6) is 0.836. The zero-order valence-electron chi connectivity index (χ0n) is 21.2. The number of amides is 1. The lowest BCUT2D eigenvalue weighted by molar-refractivity contribution is 0.00339. The SMILES string of the molecule is COc1cccc(C(CN2CCN(C(=O)c3sc4ccccc4c3Cl)CC2)OCc2ccc(C)cc2)c1. The number of thiophene rings is 1. The van der Waals surface area contributed by atoms with Crippen LogP contribution in [0.15, 0.2) is 72.8 Å². The van der Waals surface area contributed by atoms with E-state index in [1.54, 1.807) is 7.11 Å². The normalized spacial score (nSPS) is 15.2. The van der Waals surface area contributed by atoms with E-state index in [9.17, 15) is 4.79 Å². The lowest BCUT2D eigenvalue weighted by atomic mass is 10.1. The molecular formula is C30H31ClN2O3S. The number of aryl methyl sites for hydroxylation is 1. The Hall–Kier alpha value is -2.90. The van der Waals surface area contributed by atoms with Gasteiger partial charge in [0.25, 0.3) is 5.91 Å². The molecule has 2 heterocycles. The molecule has 4 aromatic rings. The van der Waals surface area contributed by atoms with Crippen LogP contribution in [0.5, 0.6) is 5.75 Å².